The van der Waals surface area contributed by atoms with E-state index in [-0.39, 0.29) is 0 Å². The summed E-state index contributed by atoms with van der Waals surface area (Å²) in [6.07, 6.45) is 1.85. The molecular formula is C11H15N. The minimum atomic E-state index is 0.477. The van der Waals surface area contributed by atoms with Crippen molar-refractivity contribution in [1.82, 2.24) is 0 Å². The van der Waals surface area contributed by atoms with Gasteiger partial charge in [-0.05, 0) is 31.5 Å². The normalized spacial score (nSPS) is 9.92. The van der Waals surface area contributed by atoms with E-state index in [1.807, 2.05) is 18.2 Å². The molecule has 0 heterocycles. The van der Waals surface area contributed by atoms with Crippen LogP contribution in [0.2, 0.25) is 0 Å². The van der Waals surface area contributed by atoms with Gasteiger partial charge in [0.25, 0.3) is 0 Å². The molecule has 1 aromatic rings. The van der Waals surface area contributed by atoms with Crippen LogP contribution in [0.5, 0.6) is 0 Å². The van der Waals surface area contributed by atoms with Crippen LogP contribution in [0.15, 0.2) is 30.8 Å². The summed E-state index contributed by atoms with van der Waals surface area (Å²) in [6.45, 7) is 7.97. The van der Waals surface area contributed by atoms with Crippen molar-refractivity contribution in [3.05, 3.63) is 36.4 Å². The van der Waals surface area contributed by atoms with Gasteiger partial charge in [-0.25, -0.2) is 0 Å². The maximum Gasteiger partial charge on any atom is 0.0348 e. The first-order valence-corrected chi connectivity index (χ1v) is 4.21. The Morgan fingerprint density at radius 1 is 1.42 bits per heavy atom. The molecule has 0 spiro atoms. The summed E-state index contributed by atoms with van der Waals surface area (Å²) < 4.78 is 0. The lowest BCUT2D eigenvalue weighted by atomic mass is 10.2. The topological polar surface area (TPSA) is 12.0 Å². The second-order valence-electron chi connectivity index (χ2n) is 3.13. The van der Waals surface area contributed by atoms with E-state index in [2.05, 4.69) is 37.9 Å². The lowest BCUT2D eigenvalue weighted by molar-refractivity contribution is 0.900. The summed E-state index contributed by atoms with van der Waals surface area (Å²) in [6, 6.07) is 8.70. The van der Waals surface area contributed by atoms with Gasteiger partial charge in [-0.2, -0.15) is 0 Å². The van der Waals surface area contributed by atoms with E-state index in [1.165, 1.54) is 0 Å². The van der Waals surface area contributed by atoms with Crippen molar-refractivity contribution >= 4 is 11.8 Å². The van der Waals surface area contributed by atoms with Crippen LogP contribution >= 0.6 is 0 Å². The third-order valence-corrected chi connectivity index (χ3v) is 1.58. The largest absolute Gasteiger partial charge is 0.383 e. The molecule has 0 saturated carbocycles. The van der Waals surface area contributed by atoms with Crippen molar-refractivity contribution in [2.24, 2.45) is 0 Å². The van der Waals surface area contributed by atoms with E-state index < -0.39 is 0 Å². The Kier molecular flexibility index (Phi) is 2.92. The minimum absolute atomic E-state index is 0.477. The van der Waals surface area contributed by atoms with Crippen molar-refractivity contribution in [3.63, 3.8) is 0 Å². The van der Waals surface area contributed by atoms with E-state index in [4.69, 9.17) is 0 Å². The number of nitrogens with one attached hydrogen (secondary N) is 1. The fourth-order valence-corrected chi connectivity index (χ4v) is 1.09. The van der Waals surface area contributed by atoms with Gasteiger partial charge in [0.2, 0.25) is 0 Å². The zero-order chi connectivity index (χ0) is 8.97. The first kappa shape index (κ1) is 8.85. The van der Waals surface area contributed by atoms with E-state index in [1.54, 1.807) is 0 Å². The maximum absolute atomic E-state index is 3.72. The summed E-state index contributed by atoms with van der Waals surface area (Å²) in [5.74, 6) is 0. The first-order chi connectivity index (χ1) is 5.72. The van der Waals surface area contributed by atoms with Gasteiger partial charge in [-0.3, -0.25) is 0 Å². The second-order valence-corrected chi connectivity index (χ2v) is 3.13. The van der Waals surface area contributed by atoms with Crippen LogP contribution in [0.25, 0.3) is 6.08 Å². The molecule has 0 aliphatic carbocycles. The molecular weight excluding hydrogens is 146 g/mol. The summed E-state index contributed by atoms with van der Waals surface area (Å²) in [4.78, 5) is 0. The summed E-state index contributed by atoms with van der Waals surface area (Å²) in [7, 11) is 0. The van der Waals surface area contributed by atoms with Crippen LogP contribution in [0.1, 0.15) is 19.4 Å². The van der Waals surface area contributed by atoms with Crippen molar-refractivity contribution in [2.75, 3.05) is 5.32 Å². The Bertz CT molecular complexity index is 263. The Balaban J connectivity index is 2.79. The number of hydrogen-bond acceptors (Lipinski definition) is 1. The van der Waals surface area contributed by atoms with Crippen LogP contribution in [0, 0.1) is 0 Å². The zero-order valence-corrected chi connectivity index (χ0v) is 7.67. The summed E-state index contributed by atoms with van der Waals surface area (Å²) in [5.41, 5.74) is 2.31. The van der Waals surface area contributed by atoms with Crippen molar-refractivity contribution in [3.8, 4) is 0 Å². The molecule has 0 radical (unpaired) electrons. The van der Waals surface area contributed by atoms with Gasteiger partial charge in [-0.15, -0.1) is 0 Å². The first-order valence-electron chi connectivity index (χ1n) is 4.21. The molecule has 0 aliphatic rings. The molecule has 1 nitrogen and oxygen atoms in total. The Hall–Kier alpha value is -1.24. The Morgan fingerprint density at radius 3 is 2.75 bits per heavy atom. The number of benzene rings is 1. The quantitative estimate of drug-likeness (QED) is 0.718. The van der Waals surface area contributed by atoms with Crippen LogP contribution in [-0.2, 0) is 0 Å². The van der Waals surface area contributed by atoms with E-state index in [0.717, 1.165) is 11.3 Å². The van der Waals surface area contributed by atoms with Gasteiger partial charge in [-0.1, -0.05) is 24.8 Å². The predicted octanol–water partition coefficient (Wildman–Crippen LogP) is 3.15. The molecule has 1 aromatic carbocycles. The van der Waals surface area contributed by atoms with Gasteiger partial charge in [0, 0.05) is 11.7 Å². The van der Waals surface area contributed by atoms with Gasteiger partial charge < -0.3 is 5.32 Å². The van der Waals surface area contributed by atoms with Crippen molar-refractivity contribution < 1.29 is 0 Å². The molecule has 0 aliphatic heterocycles. The van der Waals surface area contributed by atoms with Gasteiger partial charge in [0.1, 0.15) is 0 Å². The molecule has 64 valence electrons. The van der Waals surface area contributed by atoms with Crippen LogP contribution in [0.4, 0.5) is 5.69 Å². The van der Waals surface area contributed by atoms with E-state index in [9.17, 15) is 0 Å². The van der Waals surface area contributed by atoms with E-state index >= 15 is 0 Å². The SMILES string of the molecule is C=Cc1cccc(NC(C)C)c1. The molecule has 0 atom stereocenters. The average Bonchev–Trinajstić information content (AvgIpc) is 2.03. The minimum Gasteiger partial charge on any atom is -0.383 e. The highest BCUT2D eigenvalue weighted by atomic mass is 14.9. The predicted molar refractivity (Wildman–Crippen MR) is 55.3 cm³/mol. The van der Waals surface area contributed by atoms with E-state index in [0.29, 0.717) is 6.04 Å². The molecule has 0 unspecified atom stereocenters. The fourth-order valence-electron chi connectivity index (χ4n) is 1.09. The summed E-state index contributed by atoms with van der Waals surface area (Å²) >= 11 is 0. The lowest BCUT2D eigenvalue weighted by Crippen LogP contribution is -2.09. The Morgan fingerprint density at radius 2 is 2.17 bits per heavy atom. The average molecular weight is 161 g/mol. The number of rotatable bonds is 3. The van der Waals surface area contributed by atoms with Gasteiger partial charge in [0.15, 0.2) is 0 Å². The molecule has 1 rings (SSSR count). The molecule has 0 amide bonds. The molecule has 0 bridgehead atoms. The maximum atomic E-state index is 3.72. The molecule has 0 saturated heterocycles. The highest BCUT2D eigenvalue weighted by Crippen LogP contribution is 2.12. The number of anilines is 1. The van der Waals surface area contributed by atoms with Crippen molar-refractivity contribution in [2.45, 2.75) is 19.9 Å². The molecule has 12 heavy (non-hydrogen) atoms. The van der Waals surface area contributed by atoms with Gasteiger partial charge in [0.05, 0.1) is 0 Å². The highest BCUT2D eigenvalue weighted by Gasteiger charge is 1.94. The molecule has 0 aromatic heterocycles. The zero-order valence-electron chi connectivity index (χ0n) is 7.67. The Labute approximate surface area is 74.1 Å². The van der Waals surface area contributed by atoms with Crippen LogP contribution < -0.4 is 5.32 Å². The molecule has 0 fully saturated rings. The monoisotopic (exact) mass is 161 g/mol. The van der Waals surface area contributed by atoms with Crippen LogP contribution in [-0.4, -0.2) is 6.04 Å². The fraction of sp³-hybridized carbons (Fsp3) is 0.273. The summed E-state index contributed by atoms with van der Waals surface area (Å²) in [5, 5.41) is 3.33. The van der Waals surface area contributed by atoms with Gasteiger partial charge >= 0.3 is 0 Å². The lowest BCUT2D eigenvalue weighted by Gasteiger charge is -2.09. The standard InChI is InChI=1S/C11H15N/c1-4-10-6-5-7-11(8-10)12-9(2)3/h4-9,12H,1H2,2-3H3. The van der Waals surface area contributed by atoms with Crippen molar-refractivity contribution in [1.29, 1.82) is 0 Å². The second kappa shape index (κ2) is 3.96. The molecule has 1 heteroatoms. The highest BCUT2D eigenvalue weighted by molar-refractivity contribution is 5.56. The third kappa shape index (κ3) is 2.42. The smallest absolute Gasteiger partial charge is 0.0348 e. The third-order valence-electron chi connectivity index (χ3n) is 1.58. The molecule has 1 N–H and O–H groups in total. The number of hydrogen-bond donors (Lipinski definition) is 1. The van der Waals surface area contributed by atoms with Crippen LogP contribution in [0.3, 0.4) is 0 Å².